The average molecular weight is 465 g/mol. The number of rotatable bonds is 5. The molecule has 7 heteroatoms. The summed E-state index contributed by atoms with van der Waals surface area (Å²) in [6.45, 7) is 1.53. The van der Waals surface area contributed by atoms with Crippen LogP contribution in [0.3, 0.4) is 0 Å². The average Bonchev–Trinajstić information content (AvgIpc) is 3.01. The first-order valence-electron chi connectivity index (χ1n) is 9.25. The van der Waals surface area contributed by atoms with Gasteiger partial charge in [-0.3, -0.25) is 19.3 Å². The van der Waals surface area contributed by atoms with Crippen LogP contribution in [-0.4, -0.2) is 28.7 Å². The number of carbonyl (C=O) groups excluding carboxylic acids is 3. The van der Waals surface area contributed by atoms with Crippen molar-refractivity contribution in [3.63, 3.8) is 0 Å². The summed E-state index contributed by atoms with van der Waals surface area (Å²) in [6.07, 6.45) is 0. The molecule has 3 amide bonds. The van der Waals surface area contributed by atoms with Crippen molar-refractivity contribution in [3.05, 3.63) is 88.4 Å². The van der Waals surface area contributed by atoms with Gasteiger partial charge in [0.05, 0.1) is 11.1 Å². The lowest BCUT2D eigenvalue weighted by molar-refractivity contribution is -0.119. The van der Waals surface area contributed by atoms with Crippen LogP contribution < -0.4 is 10.1 Å². The number of benzene rings is 3. The molecule has 3 aromatic rings. The number of anilines is 1. The third-order valence-corrected chi connectivity index (χ3v) is 5.29. The second-order valence-corrected chi connectivity index (χ2v) is 7.69. The largest absolute Gasteiger partial charge is 0.457 e. The van der Waals surface area contributed by atoms with E-state index in [1.165, 1.54) is 6.92 Å². The van der Waals surface area contributed by atoms with Gasteiger partial charge in [0.15, 0.2) is 0 Å². The fraction of sp³-hybridized carbons (Fsp3) is 0.0870. The molecule has 0 saturated carbocycles. The van der Waals surface area contributed by atoms with Crippen LogP contribution in [0.4, 0.5) is 5.69 Å². The van der Waals surface area contributed by atoms with E-state index in [-0.39, 0.29) is 0 Å². The molecule has 30 heavy (non-hydrogen) atoms. The minimum Gasteiger partial charge on any atom is -0.457 e. The van der Waals surface area contributed by atoms with E-state index in [9.17, 15) is 14.4 Å². The van der Waals surface area contributed by atoms with Crippen LogP contribution in [0, 0.1) is 0 Å². The van der Waals surface area contributed by atoms with Gasteiger partial charge in [-0.25, -0.2) is 0 Å². The number of carbonyl (C=O) groups is 3. The summed E-state index contributed by atoms with van der Waals surface area (Å²) in [6, 6.07) is 19.9. The summed E-state index contributed by atoms with van der Waals surface area (Å²) < 4.78 is 6.71. The molecule has 4 rings (SSSR count). The van der Waals surface area contributed by atoms with Crippen LogP contribution in [0.15, 0.2) is 77.3 Å². The summed E-state index contributed by atoms with van der Waals surface area (Å²) in [5.74, 6) is -0.0722. The number of hydrogen-bond acceptors (Lipinski definition) is 4. The highest BCUT2D eigenvalue weighted by molar-refractivity contribution is 9.10. The van der Waals surface area contributed by atoms with E-state index in [2.05, 4.69) is 21.2 Å². The fourth-order valence-corrected chi connectivity index (χ4v) is 3.43. The molecule has 1 atom stereocenters. The van der Waals surface area contributed by atoms with E-state index >= 15 is 0 Å². The number of hydrogen-bond donors (Lipinski definition) is 1. The van der Waals surface area contributed by atoms with E-state index in [0.717, 1.165) is 9.37 Å². The predicted octanol–water partition coefficient (Wildman–Crippen LogP) is 4.86. The van der Waals surface area contributed by atoms with Gasteiger partial charge < -0.3 is 10.1 Å². The Kier molecular flexibility index (Phi) is 5.37. The summed E-state index contributed by atoms with van der Waals surface area (Å²) in [7, 11) is 0. The number of halogens is 1. The van der Waals surface area contributed by atoms with Crippen molar-refractivity contribution in [2.45, 2.75) is 13.0 Å². The van der Waals surface area contributed by atoms with Gasteiger partial charge in [0.2, 0.25) is 5.91 Å². The molecule has 1 aliphatic rings. The van der Waals surface area contributed by atoms with Crippen LogP contribution in [0.1, 0.15) is 27.6 Å². The summed E-state index contributed by atoms with van der Waals surface area (Å²) in [5, 5.41) is 2.74. The van der Waals surface area contributed by atoms with Gasteiger partial charge in [0.25, 0.3) is 11.8 Å². The number of nitrogens with one attached hydrogen (secondary N) is 1. The molecule has 0 radical (unpaired) electrons. The van der Waals surface area contributed by atoms with E-state index < -0.39 is 23.8 Å². The molecule has 0 unspecified atom stereocenters. The second kappa shape index (κ2) is 8.12. The molecule has 0 aromatic heterocycles. The van der Waals surface area contributed by atoms with Crippen molar-refractivity contribution in [2.24, 2.45) is 0 Å². The van der Waals surface area contributed by atoms with Gasteiger partial charge in [-0.05, 0) is 67.6 Å². The molecule has 0 saturated heterocycles. The van der Waals surface area contributed by atoms with Gasteiger partial charge in [0, 0.05) is 10.2 Å². The lowest BCUT2D eigenvalue weighted by Crippen LogP contribution is -2.45. The van der Waals surface area contributed by atoms with Crippen molar-refractivity contribution in [1.29, 1.82) is 0 Å². The zero-order valence-electron chi connectivity index (χ0n) is 16.0. The number of amides is 3. The Morgan fingerprint density at radius 3 is 1.90 bits per heavy atom. The molecule has 3 aromatic carbocycles. The molecule has 0 bridgehead atoms. The first kappa shape index (κ1) is 19.8. The SMILES string of the molecule is C[C@@H](C(=O)Nc1ccc(Oc2ccc(Br)cc2)cc1)N1C(=O)c2ccccc2C1=O. The predicted molar refractivity (Wildman–Crippen MR) is 116 cm³/mol. The molecular weight excluding hydrogens is 448 g/mol. The van der Waals surface area contributed by atoms with E-state index in [0.29, 0.717) is 28.3 Å². The third kappa shape index (κ3) is 3.84. The zero-order chi connectivity index (χ0) is 21.3. The highest BCUT2D eigenvalue weighted by atomic mass is 79.9. The minimum absolute atomic E-state index is 0.316. The van der Waals surface area contributed by atoms with Crippen molar-refractivity contribution in [1.82, 2.24) is 4.90 Å². The number of ether oxygens (including phenoxy) is 1. The summed E-state index contributed by atoms with van der Waals surface area (Å²) in [5.41, 5.74) is 1.17. The Labute approximate surface area is 181 Å². The lowest BCUT2D eigenvalue weighted by atomic mass is 10.1. The van der Waals surface area contributed by atoms with Crippen molar-refractivity contribution in [3.8, 4) is 11.5 Å². The molecule has 1 heterocycles. The maximum absolute atomic E-state index is 12.7. The molecule has 1 N–H and O–H groups in total. The minimum atomic E-state index is -0.948. The Balaban J connectivity index is 1.42. The number of imide groups is 1. The molecule has 0 aliphatic carbocycles. The van der Waals surface area contributed by atoms with Gasteiger partial charge >= 0.3 is 0 Å². The van der Waals surface area contributed by atoms with E-state index in [1.54, 1.807) is 48.5 Å². The Morgan fingerprint density at radius 2 is 1.37 bits per heavy atom. The van der Waals surface area contributed by atoms with Crippen LogP contribution in [0.25, 0.3) is 0 Å². The normalized spacial score (nSPS) is 13.7. The Bertz CT molecular complexity index is 1090. The molecule has 6 nitrogen and oxygen atoms in total. The molecule has 150 valence electrons. The smallest absolute Gasteiger partial charge is 0.262 e. The zero-order valence-corrected chi connectivity index (χ0v) is 17.5. The van der Waals surface area contributed by atoms with E-state index in [4.69, 9.17) is 4.74 Å². The standard InChI is InChI=1S/C23H17BrN2O4/c1-14(26-22(28)19-4-2-3-5-20(19)23(26)29)21(27)25-16-8-12-18(13-9-16)30-17-10-6-15(24)7-11-17/h2-14H,1H3,(H,25,27)/t14-/m0/s1. The molecule has 0 fully saturated rings. The van der Waals surface area contributed by atoms with Gasteiger partial charge in [0.1, 0.15) is 17.5 Å². The monoisotopic (exact) mass is 464 g/mol. The van der Waals surface area contributed by atoms with Crippen molar-refractivity contribution < 1.29 is 19.1 Å². The van der Waals surface area contributed by atoms with Crippen LogP contribution in [0.2, 0.25) is 0 Å². The lowest BCUT2D eigenvalue weighted by Gasteiger charge is -2.21. The Hall–Kier alpha value is -3.45. The molecular formula is C23H17BrN2O4. The van der Waals surface area contributed by atoms with Gasteiger partial charge in [-0.15, -0.1) is 0 Å². The van der Waals surface area contributed by atoms with Crippen LogP contribution >= 0.6 is 15.9 Å². The first-order valence-corrected chi connectivity index (χ1v) is 10.0. The topological polar surface area (TPSA) is 75.7 Å². The van der Waals surface area contributed by atoms with E-state index in [1.807, 2.05) is 24.3 Å². The van der Waals surface area contributed by atoms with Crippen LogP contribution in [-0.2, 0) is 4.79 Å². The Morgan fingerprint density at radius 1 is 0.867 bits per heavy atom. The van der Waals surface area contributed by atoms with Gasteiger partial charge in [-0.2, -0.15) is 0 Å². The van der Waals surface area contributed by atoms with Crippen molar-refractivity contribution >= 4 is 39.3 Å². The fourth-order valence-electron chi connectivity index (χ4n) is 3.17. The van der Waals surface area contributed by atoms with Crippen LogP contribution in [0.5, 0.6) is 11.5 Å². The maximum Gasteiger partial charge on any atom is 0.262 e. The van der Waals surface area contributed by atoms with Crippen molar-refractivity contribution in [2.75, 3.05) is 5.32 Å². The van der Waals surface area contributed by atoms with Gasteiger partial charge in [-0.1, -0.05) is 28.1 Å². The molecule has 0 spiro atoms. The highest BCUT2D eigenvalue weighted by Crippen LogP contribution is 2.26. The third-order valence-electron chi connectivity index (χ3n) is 4.76. The second-order valence-electron chi connectivity index (χ2n) is 6.77. The summed E-state index contributed by atoms with van der Waals surface area (Å²) in [4.78, 5) is 38.7. The first-order chi connectivity index (χ1) is 14.4. The summed E-state index contributed by atoms with van der Waals surface area (Å²) >= 11 is 3.37. The molecule has 1 aliphatic heterocycles. The quantitative estimate of drug-likeness (QED) is 0.546. The highest BCUT2D eigenvalue weighted by Gasteiger charge is 2.40. The number of fused-ring (bicyclic) bond motifs is 1. The number of nitrogens with zero attached hydrogens (tertiary/aromatic N) is 1. The maximum atomic E-state index is 12.7.